The van der Waals surface area contributed by atoms with Crippen molar-refractivity contribution in [2.75, 3.05) is 12.3 Å². The molecule has 0 aliphatic heterocycles. The first-order valence-electron chi connectivity index (χ1n) is 4.02. The molecule has 0 aliphatic carbocycles. The molecule has 0 aromatic rings. The van der Waals surface area contributed by atoms with Gasteiger partial charge >= 0.3 is 83.6 Å². The molecule has 0 saturated heterocycles. The summed E-state index contributed by atoms with van der Waals surface area (Å²) >= 11 is 0.0579. The Kier molecular flexibility index (Phi) is 5.24. The molecule has 0 saturated carbocycles. The fourth-order valence-corrected chi connectivity index (χ4v) is 14.5. The standard InChI is InChI=1S/C8H19P.Au.ClH/c1-6-9(7-2)8(3,4)5;;/h6-7H2,1-5H3;;1H/q;+1;/p-1. The third-order valence-electron chi connectivity index (χ3n) is 2.20. The quantitative estimate of drug-likeness (QED) is 0.503. The maximum absolute atomic E-state index is 6.16. The van der Waals surface area contributed by atoms with E-state index >= 15 is 0 Å². The second-order valence-electron chi connectivity index (χ2n) is 3.65. The van der Waals surface area contributed by atoms with Crippen LogP contribution in [0, 0.1) is 0 Å². The maximum atomic E-state index is 6.16. The molecule has 0 bridgehead atoms. The fourth-order valence-electron chi connectivity index (χ4n) is 1.32. The van der Waals surface area contributed by atoms with Crippen molar-refractivity contribution in [1.29, 1.82) is 0 Å². The fraction of sp³-hybridized carbons (Fsp3) is 1.00. The van der Waals surface area contributed by atoms with Crippen molar-refractivity contribution in [2.45, 2.75) is 39.8 Å². The molecule has 3 heteroatoms. The first kappa shape index (κ1) is 12.5. The number of halogens is 1. The van der Waals surface area contributed by atoms with Crippen LogP contribution in [0.25, 0.3) is 0 Å². The third kappa shape index (κ3) is 2.71. The first-order valence-corrected chi connectivity index (χ1v) is 11.6. The Morgan fingerprint density at radius 3 is 1.55 bits per heavy atom. The Hall–Kier alpha value is 1.46. The summed E-state index contributed by atoms with van der Waals surface area (Å²) in [7, 11) is 6.16. The van der Waals surface area contributed by atoms with E-state index in [-0.39, 0.29) is 17.6 Å². The number of hydrogen-bond acceptors (Lipinski definition) is 0. The summed E-state index contributed by atoms with van der Waals surface area (Å²) in [6.07, 6.45) is 2.66. The predicted molar refractivity (Wildman–Crippen MR) is 53.6 cm³/mol. The van der Waals surface area contributed by atoms with Gasteiger partial charge in [-0.3, -0.25) is 0 Å². The molecule has 0 rings (SSSR count). The predicted octanol–water partition coefficient (Wildman–Crippen LogP) is 3.99. The molecule has 0 nitrogen and oxygen atoms in total. The van der Waals surface area contributed by atoms with Gasteiger partial charge in [-0.05, 0) is 0 Å². The van der Waals surface area contributed by atoms with Gasteiger partial charge < -0.3 is 0 Å². The number of hydrogen-bond donors (Lipinski definition) is 0. The van der Waals surface area contributed by atoms with Gasteiger partial charge in [-0.25, -0.2) is 0 Å². The van der Waals surface area contributed by atoms with Crippen LogP contribution in [0.3, 0.4) is 0 Å². The second-order valence-corrected chi connectivity index (χ2v) is 17.1. The van der Waals surface area contributed by atoms with E-state index in [0.717, 1.165) is 0 Å². The zero-order chi connectivity index (χ0) is 9.12. The van der Waals surface area contributed by atoms with E-state index in [4.69, 9.17) is 9.19 Å². The van der Waals surface area contributed by atoms with Gasteiger partial charge in [0.05, 0.1) is 0 Å². The van der Waals surface area contributed by atoms with Gasteiger partial charge in [-0.1, -0.05) is 0 Å². The molecule has 0 amide bonds. The summed E-state index contributed by atoms with van der Waals surface area (Å²) in [5, 5.41) is 0.486. The Balaban J connectivity index is 4.88. The van der Waals surface area contributed by atoms with Gasteiger partial charge in [0, 0.05) is 0 Å². The summed E-state index contributed by atoms with van der Waals surface area (Å²) < 4.78 is -0.760. The average molecular weight is 379 g/mol. The Labute approximate surface area is 83.4 Å². The summed E-state index contributed by atoms with van der Waals surface area (Å²) in [5.74, 6) is 0. The van der Waals surface area contributed by atoms with Crippen molar-refractivity contribution >= 4 is 13.9 Å². The molecule has 0 heterocycles. The van der Waals surface area contributed by atoms with Crippen LogP contribution in [0.15, 0.2) is 0 Å². The number of rotatable bonds is 2. The van der Waals surface area contributed by atoms with Crippen LogP contribution in [0.4, 0.5) is 0 Å². The van der Waals surface area contributed by atoms with Gasteiger partial charge in [0.2, 0.25) is 0 Å². The van der Waals surface area contributed by atoms with Crippen molar-refractivity contribution in [3.63, 3.8) is 0 Å². The Morgan fingerprint density at radius 1 is 1.18 bits per heavy atom. The first-order chi connectivity index (χ1) is 4.93. The Morgan fingerprint density at radius 2 is 1.55 bits per heavy atom. The van der Waals surface area contributed by atoms with Crippen LogP contribution in [0.5, 0.6) is 0 Å². The Bertz CT molecular complexity index is 161. The molecule has 0 fully saturated rings. The zero-order valence-electron chi connectivity index (χ0n) is 8.04. The van der Waals surface area contributed by atoms with Crippen molar-refractivity contribution in [3.05, 3.63) is 0 Å². The second kappa shape index (κ2) is 4.63. The van der Waals surface area contributed by atoms with Gasteiger partial charge in [0.15, 0.2) is 0 Å². The SMILES string of the molecule is CC[P](CC)(=[Au][Cl])C(C)(C)C. The van der Waals surface area contributed by atoms with Crippen LogP contribution in [0.1, 0.15) is 34.6 Å². The molecule has 0 atom stereocenters. The van der Waals surface area contributed by atoms with Gasteiger partial charge in [0.25, 0.3) is 0 Å². The minimum absolute atomic E-state index is 0.0579. The molecular weight excluding hydrogens is 359 g/mol. The normalized spacial score (nSPS) is 14.0. The zero-order valence-corrected chi connectivity index (χ0v) is 11.9. The topological polar surface area (TPSA) is 0 Å². The summed E-state index contributed by atoms with van der Waals surface area (Å²) in [6, 6.07) is 0. The monoisotopic (exact) mass is 378 g/mol. The molecule has 74 valence electrons. The van der Waals surface area contributed by atoms with E-state index in [1.807, 2.05) is 0 Å². The molecule has 0 radical (unpaired) electrons. The van der Waals surface area contributed by atoms with E-state index in [1.54, 1.807) is 0 Å². The summed E-state index contributed by atoms with van der Waals surface area (Å²) in [6.45, 7) is 11.7. The van der Waals surface area contributed by atoms with E-state index in [1.165, 1.54) is 12.3 Å². The molecular formula is C8H19AuClP. The minimum atomic E-state index is -0.760. The molecule has 0 aromatic heterocycles. The van der Waals surface area contributed by atoms with Crippen LogP contribution < -0.4 is 0 Å². The molecule has 0 aliphatic rings. The van der Waals surface area contributed by atoms with Gasteiger partial charge in [0.1, 0.15) is 0 Å². The van der Waals surface area contributed by atoms with E-state index < -0.39 is 4.69 Å². The molecule has 0 spiro atoms. The van der Waals surface area contributed by atoms with Crippen molar-refractivity contribution in [1.82, 2.24) is 0 Å². The average Bonchev–Trinajstić information content (AvgIpc) is 1.90. The van der Waals surface area contributed by atoms with E-state index in [0.29, 0.717) is 5.16 Å². The van der Waals surface area contributed by atoms with Gasteiger partial charge in [-0.2, -0.15) is 0 Å². The summed E-state index contributed by atoms with van der Waals surface area (Å²) in [4.78, 5) is 0. The van der Waals surface area contributed by atoms with Crippen molar-refractivity contribution < 1.29 is 17.6 Å². The van der Waals surface area contributed by atoms with Crippen molar-refractivity contribution in [2.24, 2.45) is 0 Å². The van der Waals surface area contributed by atoms with Crippen LogP contribution in [-0.2, 0) is 17.6 Å². The van der Waals surface area contributed by atoms with E-state index in [9.17, 15) is 0 Å². The molecule has 0 aromatic carbocycles. The van der Waals surface area contributed by atoms with E-state index in [2.05, 4.69) is 34.6 Å². The summed E-state index contributed by atoms with van der Waals surface area (Å²) in [5.41, 5.74) is 0. The molecule has 11 heavy (non-hydrogen) atoms. The van der Waals surface area contributed by atoms with Crippen LogP contribution >= 0.6 is 13.9 Å². The molecule has 0 N–H and O–H groups in total. The molecule has 0 unspecified atom stereocenters. The van der Waals surface area contributed by atoms with Gasteiger partial charge in [-0.15, -0.1) is 0 Å². The third-order valence-corrected chi connectivity index (χ3v) is 22.0. The van der Waals surface area contributed by atoms with Crippen molar-refractivity contribution in [3.8, 4) is 0 Å². The van der Waals surface area contributed by atoms with Crippen LogP contribution in [-0.4, -0.2) is 17.5 Å². The van der Waals surface area contributed by atoms with Crippen LogP contribution in [0.2, 0.25) is 0 Å².